The minimum absolute atomic E-state index is 0.233. The van der Waals surface area contributed by atoms with Gasteiger partial charge in [0.25, 0.3) is 0 Å². The highest BCUT2D eigenvalue weighted by molar-refractivity contribution is 7.14. The summed E-state index contributed by atoms with van der Waals surface area (Å²) >= 11 is 1.52. The van der Waals surface area contributed by atoms with E-state index in [-0.39, 0.29) is 5.82 Å². The van der Waals surface area contributed by atoms with Gasteiger partial charge >= 0.3 is 0 Å². The summed E-state index contributed by atoms with van der Waals surface area (Å²) in [5, 5.41) is 6.04. The van der Waals surface area contributed by atoms with Gasteiger partial charge in [-0.3, -0.25) is 0 Å². The first-order valence-corrected chi connectivity index (χ1v) is 8.24. The number of halogens is 1. The number of thiazole rings is 1. The van der Waals surface area contributed by atoms with Crippen molar-refractivity contribution in [3.8, 4) is 22.8 Å². The first-order valence-electron chi connectivity index (χ1n) is 7.36. The van der Waals surface area contributed by atoms with Crippen LogP contribution >= 0.6 is 11.3 Å². The molecule has 0 saturated heterocycles. The van der Waals surface area contributed by atoms with Crippen molar-refractivity contribution in [2.24, 2.45) is 0 Å². The van der Waals surface area contributed by atoms with Gasteiger partial charge in [-0.2, -0.15) is 0 Å². The average molecular weight is 344 g/mol. The summed E-state index contributed by atoms with van der Waals surface area (Å²) in [7, 11) is 3.22. The second-order valence-electron chi connectivity index (χ2n) is 5.09. The third-order valence-electron chi connectivity index (χ3n) is 3.54. The zero-order valence-electron chi connectivity index (χ0n) is 13.4. The highest BCUT2D eigenvalue weighted by Crippen LogP contribution is 2.33. The van der Waals surface area contributed by atoms with Crippen molar-refractivity contribution < 1.29 is 13.9 Å². The molecule has 0 bridgehead atoms. The Labute approximate surface area is 143 Å². The standard InChI is InChI=1S/C18H17FN2O2S/c1-22-16-8-5-13(9-17(16)23-2)15-11-24-18(21-15)20-10-12-3-6-14(19)7-4-12/h3-9,11H,10H2,1-2H3,(H,20,21). The van der Waals surface area contributed by atoms with Crippen LogP contribution in [0.1, 0.15) is 5.56 Å². The largest absolute Gasteiger partial charge is 0.493 e. The van der Waals surface area contributed by atoms with Crippen LogP contribution in [-0.2, 0) is 6.54 Å². The number of ether oxygens (including phenoxy) is 2. The fourth-order valence-corrected chi connectivity index (χ4v) is 2.98. The van der Waals surface area contributed by atoms with Gasteiger partial charge in [-0.05, 0) is 35.9 Å². The maximum absolute atomic E-state index is 12.9. The van der Waals surface area contributed by atoms with Crippen molar-refractivity contribution in [3.63, 3.8) is 0 Å². The molecule has 0 radical (unpaired) electrons. The Hall–Kier alpha value is -2.60. The summed E-state index contributed by atoms with van der Waals surface area (Å²) in [5.41, 5.74) is 2.82. The smallest absolute Gasteiger partial charge is 0.183 e. The van der Waals surface area contributed by atoms with E-state index in [1.807, 2.05) is 23.6 Å². The van der Waals surface area contributed by atoms with Crippen molar-refractivity contribution in [2.45, 2.75) is 6.54 Å². The molecule has 1 N–H and O–H groups in total. The van der Waals surface area contributed by atoms with Crippen LogP contribution in [0.25, 0.3) is 11.3 Å². The van der Waals surface area contributed by atoms with Gasteiger partial charge in [0.1, 0.15) is 5.82 Å². The maximum atomic E-state index is 12.9. The molecule has 0 aliphatic carbocycles. The summed E-state index contributed by atoms with van der Waals surface area (Å²) in [5.74, 6) is 1.12. The third kappa shape index (κ3) is 3.65. The van der Waals surface area contributed by atoms with Gasteiger partial charge in [0, 0.05) is 17.5 Å². The Morgan fingerprint density at radius 3 is 2.50 bits per heavy atom. The monoisotopic (exact) mass is 344 g/mol. The minimum Gasteiger partial charge on any atom is -0.493 e. The number of hydrogen-bond donors (Lipinski definition) is 1. The molecule has 6 heteroatoms. The number of methoxy groups -OCH3 is 2. The summed E-state index contributed by atoms with van der Waals surface area (Å²) < 4.78 is 23.5. The van der Waals surface area contributed by atoms with Gasteiger partial charge in [0.05, 0.1) is 19.9 Å². The van der Waals surface area contributed by atoms with Crippen molar-refractivity contribution >= 4 is 16.5 Å². The van der Waals surface area contributed by atoms with E-state index in [0.717, 1.165) is 22.0 Å². The predicted octanol–water partition coefficient (Wildman–Crippen LogP) is 4.58. The van der Waals surface area contributed by atoms with Crippen LogP contribution in [0.4, 0.5) is 9.52 Å². The lowest BCUT2D eigenvalue weighted by molar-refractivity contribution is 0.355. The Morgan fingerprint density at radius 1 is 1.04 bits per heavy atom. The lowest BCUT2D eigenvalue weighted by Gasteiger charge is -2.08. The average Bonchev–Trinajstić information content (AvgIpc) is 3.09. The topological polar surface area (TPSA) is 43.4 Å². The summed E-state index contributed by atoms with van der Waals surface area (Å²) in [6, 6.07) is 12.1. The molecule has 0 unspecified atom stereocenters. The zero-order chi connectivity index (χ0) is 16.9. The van der Waals surface area contributed by atoms with Gasteiger partial charge in [-0.15, -0.1) is 11.3 Å². The van der Waals surface area contributed by atoms with Crippen LogP contribution in [-0.4, -0.2) is 19.2 Å². The molecular formula is C18H17FN2O2S. The number of anilines is 1. The molecule has 3 aromatic rings. The molecule has 0 aliphatic rings. The van der Waals surface area contributed by atoms with Crippen molar-refractivity contribution in [2.75, 3.05) is 19.5 Å². The molecular weight excluding hydrogens is 327 g/mol. The van der Waals surface area contributed by atoms with Crippen LogP contribution in [0.3, 0.4) is 0 Å². The van der Waals surface area contributed by atoms with Crippen LogP contribution in [0.15, 0.2) is 47.8 Å². The molecule has 0 aliphatic heterocycles. The number of nitrogens with one attached hydrogen (secondary N) is 1. The highest BCUT2D eigenvalue weighted by Gasteiger charge is 2.09. The van der Waals surface area contributed by atoms with E-state index >= 15 is 0 Å². The number of benzene rings is 2. The third-order valence-corrected chi connectivity index (χ3v) is 4.34. The normalized spacial score (nSPS) is 10.5. The van der Waals surface area contributed by atoms with E-state index in [1.54, 1.807) is 26.4 Å². The highest BCUT2D eigenvalue weighted by atomic mass is 32.1. The molecule has 1 aromatic heterocycles. The number of hydrogen-bond acceptors (Lipinski definition) is 5. The first kappa shape index (κ1) is 16.3. The van der Waals surface area contributed by atoms with E-state index in [2.05, 4.69) is 10.3 Å². The van der Waals surface area contributed by atoms with Crippen molar-refractivity contribution in [1.29, 1.82) is 0 Å². The molecule has 0 fully saturated rings. The summed E-state index contributed by atoms with van der Waals surface area (Å²) in [4.78, 5) is 4.58. The first-order chi connectivity index (χ1) is 11.7. The Balaban J connectivity index is 1.72. The van der Waals surface area contributed by atoms with E-state index in [1.165, 1.54) is 23.5 Å². The molecule has 2 aromatic carbocycles. The van der Waals surface area contributed by atoms with Crippen molar-refractivity contribution in [3.05, 3.63) is 59.2 Å². The van der Waals surface area contributed by atoms with Crippen LogP contribution in [0, 0.1) is 5.82 Å². The number of aromatic nitrogens is 1. The molecule has 4 nitrogen and oxygen atoms in total. The Kier molecular flexibility index (Phi) is 4.96. The fraction of sp³-hybridized carbons (Fsp3) is 0.167. The van der Waals surface area contributed by atoms with Gasteiger partial charge in [0.15, 0.2) is 16.6 Å². The predicted molar refractivity (Wildman–Crippen MR) is 94.4 cm³/mol. The van der Waals surface area contributed by atoms with E-state index in [4.69, 9.17) is 9.47 Å². The minimum atomic E-state index is -0.233. The molecule has 3 rings (SSSR count). The molecule has 0 spiro atoms. The summed E-state index contributed by atoms with van der Waals surface area (Å²) in [6.45, 7) is 0.596. The van der Waals surface area contributed by atoms with E-state index < -0.39 is 0 Å². The van der Waals surface area contributed by atoms with Crippen molar-refractivity contribution in [1.82, 2.24) is 4.98 Å². The van der Waals surface area contributed by atoms with Gasteiger partial charge in [-0.1, -0.05) is 12.1 Å². The van der Waals surface area contributed by atoms with Crippen LogP contribution in [0.2, 0.25) is 0 Å². The number of rotatable bonds is 6. The van der Waals surface area contributed by atoms with Gasteiger partial charge in [-0.25, -0.2) is 9.37 Å². The SMILES string of the molecule is COc1ccc(-c2csc(NCc3ccc(F)cc3)n2)cc1OC. The lowest BCUT2D eigenvalue weighted by atomic mass is 10.1. The quantitative estimate of drug-likeness (QED) is 0.711. The van der Waals surface area contributed by atoms with E-state index in [0.29, 0.717) is 18.0 Å². The fourth-order valence-electron chi connectivity index (χ4n) is 2.26. The Bertz CT molecular complexity index is 818. The van der Waals surface area contributed by atoms with E-state index in [9.17, 15) is 4.39 Å². The molecule has 0 saturated carbocycles. The molecule has 1 heterocycles. The molecule has 24 heavy (non-hydrogen) atoms. The van der Waals surface area contributed by atoms with Gasteiger partial charge in [0.2, 0.25) is 0 Å². The summed E-state index contributed by atoms with van der Waals surface area (Å²) in [6.07, 6.45) is 0. The van der Waals surface area contributed by atoms with Crippen LogP contribution in [0.5, 0.6) is 11.5 Å². The zero-order valence-corrected chi connectivity index (χ0v) is 14.2. The second kappa shape index (κ2) is 7.31. The number of nitrogens with zero attached hydrogens (tertiary/aromatic N) is 1. The second-order valence-corrected chi connectivity index (χ2v) is 5.95. The molecule has 0 atom stereocenters. The van der Waals surface area contributed by atoms with Gasteiger partial charge < -0.3 is 14.8 Å². The molecule has 124 valence electrons. The lowest BCUT2D eigenvalue weighted by Crippen LogP contribution is -1.98. The Morgan fingerprint density at radius 2 is 1.79 bits per heavy atom. The van der Waals surface area contributed by atoms with Crippen LogP contribution < -0.4 is 14.8 Å². The molecule has 0 amide bonds. The maximum Gasteiger partial charge on any atom is 0.183 e.